The Labute approximate surface area is 109 Å². The average Bonchev–Trinajstić information content (AvgIpc) is 2.80. The molecule has 3 nitrogen and oxygen atoms in total. The summed E-state index contributed by atoms with van der Waals surface area (Å²) in [5, 5.41) is 9.00. The number of fused-ring (bicyclic) bond motifs is 1. The predicted octanol–water partition coefficient (Wildman–Crippen LogP) is 2.87. The summed E-state index contributed by atoms with van der Waals surface area (Å²) in [4.78, 5) is 4.36. The van der Waals surface area contributed by atoms with Crippen LogP contribution in [0.4, 0.5) is 4.39 Å². The van der Waals surface area contributed by atoms with Crippen LogP contribution in [0.3, 0.4) is 0 Å². The van der Waals surface area contributed by atoms with Crippen molar-refractivity contribution in [1.29, 1.82) is 0 Å². The van der Waals surface area contributed by atoms with E-state index in [1.54, 1.807) is 18.5 Å². The highest BCUT2D eigenvalue weighted by molar-refractivity contribution is 5.92. The van der Waals surface area contributed by atoms with Crippen LogP contribution in [0.1, 0.15) is 5.56 Å². The van der Waals surface area contributed by atoms with Gasteiger partial charge in [0.2, 0.25) is 0 Å². The van der Waals surface area contributed by atoms with Crippen molar-refractivity contribution in [1.82, 2.24) is 9.55 Å². The topological polar surface area (TPSA) is 38.0 Å². The van der Waals surface area contributed by atoms with Crippen molar-refractivity contribution in [3.8, 4) is 11.1 Å². The summed E-state index contributed by atoms with van der Waals surface area (Å²) in [5.74, 6) is -0.395. The molecule has 3 aromatic rings. The third-order valence-electron chi connectivity index (χ3n) is 3.29. The number of halogens is 1. The van der Waals surface area contributed by atoms with E-state index < -0.39 is 5.82 Å². The number of aromatic nitrogens is 2. The molecule has 3 rings (SSSR count). The van der Waals surface area contributed by atoms with Gasteiger partial charge in [0.15, 0.2) is 0 Å². The minimum absolute atomic E-state index is 0.292. The third-order valence-corrected chi connectivity index (χ3v) is 3.29. The van der Waals surface area contributed by atoms with Crippen molar-refractivity contribution in [3.05, 3.63) is 54.1 Å². The van der Waals surface area contributed by atoms with Crippen LogP contribution in [0.15, 0.2) is 42.7 Å². The van der Waals surface area contributed by atoms with E-state index in [0.29, 0.717) is 5.56 Å². The van der Waals surface area contributed by atoms with Crippen LogP contribution in [0.5, 0.6) is 0 Å². The molecule has 1 heterocycles. The van der Waals surface area contributed by atoms with E-state index in [4.69, 9.17) is 5.11 Å². The molecular weight excluding hydrogens is 243 g/mol. The summed E-state index contributed by atoms with van der Waals surface area (Å²) in [6.45, 7) is -0.292. The molecule has 0 amide bonds. The highest BCUT2D eigenvalue weighted by Gasteiger charge is 2.09. The first-order valence-electron chi connectivity index (χ1n) is 6.00. The van der Waals surface area contributed by atoms with Gasteiger partial charge < -0.3 is 9.67 Å². The van der Waals surface area contributed by atoms with E-state index in [9.17, 15) is 4.39 Å². The summed E-state index contributed by atoms with van der Waals surface area (Å²) in [6, 6.07) is 10.7. The first kappa shape index (κ1) is 11.9. The molecule has 0 unspecified atom stereocenters. The average molecular weight is 256 g/mol. The number of aliphatic hydroxyl groups is 1. The minimum atomic E-state index is -0.395. The lowest BCUT2D eigenvalue weighted by molar-refractivity contribution is 0.276. The molecule has 0 aliphatic rings. The maximum atomic E-state index is 13.8. The number of nitrogens with zero attached hydrogens (tertiary/aromatic N) is 2. The largest absolute Gasteiger partial charge is 0.392 e. The van der Waals surface area contributed by atoms with Gasteiger partial charge in [-0.2, -0.15) is 0 Å². The Morgan fingerprint density at radius 1 is 1.26 bits per heavy atom. The summed E-state index contributed by atoms with van der Waals surface area (Å²) in [5.41, 5.74) is 3.81. The molecule has 0 aliphatic carbocycles. The number of rotatable bonds is 2. The maximum Gasteiger partial charge on any atom is 0.129 e. The lowest BCUT2D eigenvalue weighted by atomic mass is 10.0. The fraction of sp³-hybridized carbons (Fsp3) is 0.133. The first-order valence-corrected chi connectivity index (χ1v) is 6.00. The molecule has 0 saturated heterocycles. The zero-order valence-corrected chi connectivity index (χ0v) is 10.5. The normalized spacial score (nSPS) is 11.1. The molecule has 2 aromatic carbocycles. The molecule has 4 heteroatoms. The highest BCUT2D eigenvalue weighted by atomic mass is 19.1. The van der Waals surface area contributed by atoms with E-state index in [0.717, 1.165) is 22.2 Å². The Hall–Kier alpha value is -2.20. The van der Waals surface area contributed by atoms with Gasteiger partial charge in [0, 0.05) is 18.2 Å². The zero-order valence-electron chi connectivity index (χ0n) is 10.5. The van der Waals surface area contributed by atoms with Gasteiger partial charge in [-0.1, -0.05) is 24.3 Å². The van der Waals surface area contributed by atoms with Crippen molar-refractivity contribution in [2.75, 3.05) is 0 Å². The monoisotopic (exact) mass is 256 g/mol. The van der Waals surface area contributed by atoms with Crippen molar-refractivity contribution < 1.29 is 9.50 Å². The highest BCUT2D eigenvalue weighted by Crippen LogP contribution is 2.28. The van der Waals surface area contributed by atoms with Crippen molar-refractivity contribution in [2.45, 2.75) is 6.61 Å². The molecular formula is C15H13FN2O. The van der Waals surface area contributed by atoms with Crippen LogP contribution in [0, 0.1) is 5.82 Å². The van der Waals surface area contributed by atoms with Crippen LogP contribution in [-0.4, -0.2) is 14.7 Å². The summed E-state index contributed by atoms with van der Waals surface area (Å²) in [7, 11) is 1.93. The van der Waals surface area contributed by atoms with Crippen molar-refractivity contribution in [3.63, 3.8) is 0 Å². The SMILES string of the molecule is Cn1cnc2c(-c3ccc(CO)c(F)c3)cccc21. The Kier molecular flexibility index (Phi) is 2.80. The van der Waals surface area contributed by atoms with Crippen LogP contribution >= 0.6 is 0 Å². The fourth-order valence-corrected chi connectivity index (χ4v) is 2.23. The lowest BCUT2D eigenvalue weighted by Gasteiger charge is -2.06. The second-order valence-corrected chi connectivity index (χ2v) is 4.49. The maximum absolute atomic E-state index is 13.8. The van der Waals surface area contributed by atoms with Gasteiger partial charge in [0.05, 0.1) is 24.0 Å². The summed E-state index contributed by atoms with van der Waals surface area (Å²) >= 11 is 0. The molecule has 1 N–H and O–H groups in total. The van der Waals surface area contributed by atoms with E-state index >= 15 is 0 Å². The number of para-hydroxylation sites is 1. The Balaban J connectivity index is 2.21. The summed E-state index contributed by atoms with van der Waals surface area (Å²) in [6.07, 6.45) is 1.74. The smallest absolute Gasteiger partial charge is 0.129 e. The van der Waals surface area contributed by atoms with Gasteiger partial charge >= 0.3 is 0 Å². The molecule has 0 radical (unpaired) electrons. The minimum Gasteiger partial charge on any atom is -0.392 e. The van der Waals surface area contributed by atoms with Gasteiger partial charge in [-0.25, -0.2) is 9.37 Å². The van der Waals surface area contributed by atoms with Gasteiger partial charge in [0.1, 0.15) is 5.82 Å². The number of hydrogen-bond donors (Lipinski definition) is 1. The molecule has 19 heavy (non-hydrogen) atoms. The Morgan fingerprint density at radius 2 is 2.11 bits per heavy atom. The predicted molar refractivity (Wildman–Crippen MR) is 72.0 cm³/mol. The number of aryl methyl sites for hydroxylation is 1. The van der Waals surface area contributed by atoms with Gasteiger partial charge in [-0.15, -0.1) is 0 Å². The molecule has 1 aromatic heterocycles. The van der Waals surface area contributed by atoms with E-state index in [1.807, 2.05) is 29.8 Å². The standard InChI is InChI=1S/C15H13FN2O/c1-18-9-17-15-12(3-2-4-14(15)18)10-5-6-11(8-19)13(16)7-10/h2-7,9,19H,8H2,1H3. The molecule has 96 valence electrons. The molecule has 0 atom stereocenters. The summed E-state index contributed by atoms with van der Waals surface area (Å²) < 4.78 is 15.7. The molecule has 0 bridgehead atoms. The van der Waals surface area contributed by atoms with E-state index in [1.165, 1.54) is 6.07 Å². The van der Waals surface area contributed by atoms with Gasteiger partial charge in [-0.3, -0.25) is 0 Å². The number of imidazole rings is 1. The molecule has 0 spiro atoms. The van der Waals surface area contributed by atoms with Gasteiger partial charge in [0.25, 0.3) is 0 Å². The van der Waals surface area contributed by atoms with Crippen LogP contribution in [0.2, 0.25) is 0 Å². The molecule has 0 aliphatic heterocycles. The second-order valence-electron chi connectivity index (χ2n) is 4.49. The fourth-order valence-electron chi connectivity index (χ4n) is 2.23. The van der Waals surface area contributed by atoms with Gasteiger partial charge in [-0.05, 0) is 17.7 Å². The lowest BCUT2D eigenvalue weighted by Crippen LogP contribution is -1.91. The van der Waals surface area contributed by atoms with E-state index in [2.05, 4.69) is 4.98 Å². The Morgan fingerprint density at radius 3 is 2.84 bits per heavy atom. The zero-order chi connectivity index (χ0) is 13.4. The Bertz CT molecular complexity index is 749. The third kappa shape index (κ3) is 1.90. The van der Waals surface area contributed by atoms with E-state index in [-0.39, 0.29) is 6.61 Å². The van der Waals surface area contributed by atoms with Crippen molar-refractivity contribution in [2.24, 2.45) is 7.05 Å². The van der Waals surface area contributed by atoms with Crippen LogP contribution < -0.4 is 0 Å². The molecule has 0 fully saturated rings. The molecule has 0 saturated carbocycles. The quantitative estimate of drug-likeness (QED) is 0.765. The second kappa shape index (κ2) is 4.48. The number of benzene rings is 2. The number of hydrogen-bond acceptors (Lipinski definition) is 2. The van der Waals surface area contributed by atoms with Crippen molar-refractivity contribution >= 4 is 11.0 Å². The van der Waals surface area contributed by atoms with Crippen LogP contribution in [-0.2, 0) is 13.7 Å². The van der Waals surface area contributed by atoms with Crippen LogP contribution in [0.25, 0.3) is 22.2 Å². The number of aliphatic hydroxyl groups excluding tert-OH is 1. The first-order chi connectivity index (χ1) is 9.20.